The quantitative estimate of drug-likeness (QED) is 0.691. The lowest BCUT2D eigenvalue weighted by atomic mass is 10.1. The van der Waals surface area contributed by atoms with Crippen molar-refractivity contribution in [2.24, 2.45) is 0 Å². The fraction of sp³-hybridized carbons (Fsp3) is 0.600. The van der Waals surface area contributed by atoms with Gasteiger partial charge in [0.05, 0.1) is 0 Å². The van der Waals surface area contributed by atoms with E-state index in [1.807, 2.05) is 24.3 Å². The maximum absolute atomic E-state index is 5.93. The van der Waals surface area contributed by atoms with Crippen LogP contribution in [0.5, 0.6) is 5.75 Å². The van der Waals surface area contributed by atoms with Crippen LogP contribution in [-0.4, -0.2) is 35.7 Å². The van der Waals surface area contributed by atoms with Crippen LogP contribution in [0, 0.1) is 0 Å². The molecule has 0 aliphatic rings. The van der Waals surface area contributed by atoms with E-state index >= 15 is 0 Å². The minimum absolute atomic E-state index is 0.147. The van der Waals surface area contributed by atoms with Gasteiger partial charge < -0.3 is 18.0 Å². The molecule has 1 rings (SSSR count). The van der Waals surface area contributed by atoms with E-state index in [1.165, 1.54) is 0 Å². The number of ether oxygens (including phenoxy) is 1. The molecule has 0 spiro atoms. The first kappa shape index (κ1) is 17.2. The zero-order chi connectivity index (χ0) is 15.2. The minimum Gasteiger partial charge on any atom is -0.488 e. The van der Waals surface area contributed by atoms with Crippen molar-refractivity contribution in [2.45, 2.75) is 38.8 Å². The predicted octanol–water partition coefficient (Wildman–Crippen LogP) is 3.21. The van der Waals surface area contributed by atoms with Crippen molar-refractivity contribution in [1.82, 2.24) is 0 Å². The summed E-state index contributed by atoms with van der Waals surface area (Å²) < 4.78 is 22.2. The van der Waals surface area contributed by atoms with Crippen molar-refractivity contribution < 1.29 is 18.0 Å². The zero-order valence-corrected chi connectivity index (χ0v) is 14.4. The predicted molar refractivity (Wildman–Crippen MR) is 81.9 cm³/mol. The van der Waals surface area contributed by atoms with Crippen LogP contribution in [0.4, 0.5) is 0 Å². The Balaban J connectivity index is 2.76. The molecule has 0 amide bonds. The Kier molecular flexibility index (Phi) is 6.20. The van der Waals surface area contributed by atoms with E-state index in [1.54, 1.807) is 21.3 Å². The van der Waals surface area contributed by atoms with E-state index in [2.05, 4.69) is 20.8 Å². The van der Waals surface area contributed by atoms with Gasteiger partial charge in [-0.2, -0.15) is 0 Å². The Bertz CT molecular complexity index is 391. The van der Waals surface area contributed by atoms with Crippen molar-refractivity contribution in [3.8, 4) is 5.75 Å². The van der Waals surface area contributed by atoms with Gasteiger partial charge in [0.2, 0.25) is 0 Å². The molecule has 4 nitrogen and oxygen atoms in total. The molecule has 114 valence electrons. The summed E-state index contributed by atoms with van der Waals surface area (Å²) in [6.45, 7) is 6.28. The molecule has 0 saturated carbocycles. The van der Waals surface area contributed by atoms with Gasteiger partial charge in [0, 0.05) is 27.4 Å². The maximum Gasteiger partial charge on any atom is 0.504 e. The first-order chi connectivity index (χ1) is 9.40. The molecule has 0 saturated heterocycles. The topological polar surface area (TPSA) is 36.9 Å². The van der Waals surface area contributed by atoms with E-state index < -0.39 is 8.80 Å². The van der Waals surface area contributed by atoms with Crippen LogP contribution in [0.15, 0.2) is 24.3 Å². The molecule has 20 heavy (non-hydrogen) atoms. The summed E-state index contributed by atoms with van der Waals surface area (Å²) in [7, 11) is 2.31. The van der Waals surface area contributed by atoms with Crippen LogP contribution in [0.2, 0.25) is 0 Å². The molecule has 0 N–H and O–H groups in total. The summed E-state index contributed by atoms with van der Waals surface area (Å²) >= 11 is 0. The molecule has 0 bridgehead atoms. The highest BCUT2D eigenvalue weighted by atomic mass is 28.4. The number of hydrogen-bond acceptors (Lipinski definition) is 4. The Morgan fingerprint density at radius 3 is 1.85 bits per heavy atom. The van der Waals surface area contributed by atoms with Gasteiger partial charge in [0.25, 0.3) is 0 Å². The van der Waals surface area contributed by atoms with Gasteiger partial charge in [-0.1, -0.05) is 19.1 Å². The van der Waals surface area contributed by atoms with Crippen molar-refractivity contribution in [1.29, 1.82) is 0 Å². The van der Waals surface area contributed by atoms with E-state index in [-0.39, 0.29) is 5.60 Å². The lowest BCUT2D eigenvalue weighted by molar-refractivity contribution is 0.105. The SMILES string of the molecule is CCC(C)(C)Oc1ccc(C[Si](OC)(OC)OC)cc1. The fourth-order valence-corrected chi connectivity index (χ4v) is 3.45. The second-order valence-electron chi connectivity index (χ2n) is 5.33. The Morgan fingerprint density at radius 2 is 1.45 bits per heavy atom. The van der Waals surface area contributed by atoms with Crippen LogP contribution in [0.3, 0.4) is 0 Å². The third kappa shape index (κ3) is 4.59. The van der Waals surface area contributed by atoms with Gasteiger partial charge >= 0.3 is 8.80 Å². The van der Waals surface area contributed by atoms with Crippen LogP contribution in [-0.2, 0) is 19.3 Å². The molecule has 0 aliphatic heterocycles. The maximum atomic E-state index is 5.93. The molecule has 0 aromatic heterocycles. The van der Waals surface area contributed by atoms with Gasteiger partial charge in [-0.25, -0.2) is 0 Å². The van der Waals surface area contributed by atoms with E-state index in [9.17, 15) is 0 Å². The average Bonchev–Trinajstić information content (AvgIpc) is 2.46. The largest absolute Gasteiger partial charge is 0.504 e. The lowest BCUT2D eigenvalue weighted by Gasteiger charge is -2.26. The molecular weight excluding hydrogens is 272 g/mol. The monoisotopic (exact) mass is 298 g/mol. The second kappa shape index (κ2) is 7.22. The van der Waals surface area contributed by atoms with Crippen molar-refractivity contribution in [3.63, 3.8) is 0 Å². The van der Waals surface area contributed by atoms with Gasteiger partial charge in [-0.05, 0) is 38.0 Å². The molecule has 0 radical (unpaired) electrons. The molecule has 0 aliphatic carbocycles. The molecule has 1 aromatic carbocycles. The number of rotatable bonds is 8. The molecule has 0 unspecified atom stereocenters. The third-order valence-electron chi connectivity index (χ3n) is 3.52. The molecule has 0 heterocycles. The number of hydrogen-bond donors (Lipinski definition) is 0. The molecular formula is C15H26O4Si. The molecule has 1 aromatic rings. The number of benzene rings is 1. The zero-order valence-electron chi connectivity index (χ0n) is 13.4. The van der Waals surface area contributed by atoms with Crippen molar-refractivity contribution in [3.05, 3.63) is 29.8 Å². The molecule has 0 fully saturated rings. The second-order valence-corrected chi connectivity index (χ2v) is 8.28. The van der Waals surface area contributed by atoms with Gasteiger partial charge in [-0.15, -0.1) is 0 Å². The van der Waals surface area contributed by atoms with Crippen LogP contribution in [0.25, 0.3) is 0 Å². The smallest absolute Gasteiger partial charge is 0.488 e. The first-order valence-electron chi connectivity index (χ1n) is 6.83. The first-order valence-corrected chi connectivity index (χ1v) is 8.77. The highest BCUT2D eigenvalue weighted by Crippen LogP contribution is 2.22. The van der Waals surface area contributed by atoms with Gasteiger partial charge in [0.15, 0.2) is 0 Å². The van der Waals surface area contributed by atoms with E-state index in [0.717, 1.165) is 17.7 Å². The summed E-state index contributed by atoms with van der Waals surface area (Å²) in [6.07, 6.45) is 0.960. The summed E-state index contributed by atoms with van der Waals surface area (Å²) in [6, 6.07) is 8.66. The van der Waals surface area contributed by atoms with Crippen molar-refractivity contribution in [2.75, 3.05) is 21.3 Å². The Labute approximate surface area is 123 Å². The summed E-state index contributed by atoms with van der Waals surface area (Å²) in [4.78, 5) is 0. The highest BCUT2D eigenvalue weighted by Gasteiger charge is 2.37. The van der Waals surface area contributed by atoms with Gasteiger partial charge in [-0.3, -0.25) is 0 Å². The van der Waals surface area contributed by atoms with Crippen LogP contribution < -0.4 is 4.74 Å². The summed E-state index contributed by atoms with van der Waals surface area (Å²) in [5, 5.41) is 0. The molecule has 5 heteroatoms. The normalized spacial score (nSPS) is 12.5. The average molecular weight is 298 g/mol. The standard InChI is InChI=1S/C15H26O4Si/c1-7-15(2,3)19-14-10-8-13(9-11-14)12-20(16-4,17-5)18-6/h8-11H,7,12H2,1-6H3. The van der Waals surface area contributed by atoms with Gasteiger partial charge in [0.1, 0.15) is 11.4 Å². The van der Waals surface area contributed by atoms with E-state index in [0.29, 0.717) is 6.04 Å². The minimum atomic E-state index is -2.57. The third-order valence-corrected chi connectivity index (χ3v) is 6.23. The lowest BCUT2D eigenvalue weighted by Crippen LogP contribution is -2.45. The van der Waals surface area contributed by atoms with Crippen molar-refractivity contribution >= 4 is 8.80 Å². The Hall–Kier alpha value is -0.883. The summed E-state index contributed by atoms with van der Waals surface area (Å²) in [5.41, 5.74) is 0.967. The summed E-state index contributed by atoms with van der Waals surface area (Å²) in [5.74, 6) is 0.875. The highest BCUT2D eigenvalue weighted by molar-refractivity contribution is 6.60. The van der Waals surface area contributed by atoms with Crippen LogP contribution >= 0.6 is 0 Å². The van der Waals surface area contributed by atoms with E-state index in [4.69, 9.17) is 18.0 Å². The fourth-order valence-electron chi connectivity index (χ4n) is 1.78. The Morgan fingerprint density at radius 1 is 0.950 bits per heavy atom. The van der Waals surface area contributed by atoms with Crippen LogP contribution in [0.1, 0.15) is 32.8 Å². The molecule has 0 atom stereocenters.